The van der Waals surface area contributed by atoms with Gasteiger partial charge in [-0.05, 0) is 43.3 Å². The Kier molecular flexibility index (Phi) is 3.51. The summed E-state index contributed by atoms with van der Waals surface area (Å²) in [6.45, 7) is 0. The van der Waals surface area contributed by atoms with Crippen LogP contribution in [0.4, 0.5) is 0 Å². The molecule has 0 radical (unpaired) electrons. The second-order valence-electron chi connectivity index (χ2n) is 5.23. The Bertz CT molecular complexity index is 585. The van der Waals surface area contributed by atoms with Gasteiger partial charge < -0.3 is 5.32 Å². The average molecular weight is 274 g/mol. The molecule has 1 N–H and O–H groups in total. The van der Waals surface area contributed by atoms with Gasteiger partial charge in [-0.1, -0.05) is 18.2 Å². The Hall–Kier alpha value is -1.42. The molecular weight excluding hydrogens is 256 g/mol. The van der Waals surface area contributed by atoms with E-state index in [-0.39, 0.29) is 11.8 Å². The highest BCUT2D eigenvalue weighted by molar-refractivity contribution is 7.13. The molecule has 1 aliphatic rings. The third-order valence-corrected chi connectivity index (χ3v) is 4.98. The monoisotopic (exact) mass is 274 g/mol. The summed E-state index contributed by atoms with van der Waals surface area (Å²) in [4.78, 5) is 11.6. The van der Waals surface area contributed by atoms with Crippen LogP contribution in [0.2, 0.25) is 0 Å². The molecule has 0 bridgehead atoms. The molecule has 3 nitrogen and oxygen atoms in total. The minimum Gasteiger partial charge on any atom is -0.359 e. The van der Waals surface area contributed by atoms with E-state index in [1.54, 1.807) is 18.6 Å². The van der Waals surface area contributed by atoms with Crippen LogP contribution in [0.15, 0.2) is 24.3 Å². The second kappa shape index (κ2) is 5.29. The van der Waals surface area contributed by atoms with Gasteiger partial charge in [0, 0.05) is 24.3 Å². The van der Waals surface area contributed by atoms with E-state index in [2.05, 4.69) is 34.0 Å². The molecule has 1 saturated carbocycles. The van der Waals surface area contributed by atoms with Gasteiger partial charge in [0.1, 0.15) is 0 Å². The summed E-state index contributed by atoms with van der Waals surface area (Å²) in [5.74, 6) is 0.921. The number of carbonyl (C=O) groups excluding carboxylic acids is 1. The number of carbonyl (C=O) groups is 1. The molecule has 3 rings (SSSR count). The van der Waals surface area contributed by atoms with Crippen molar-refractivity contribution in [3.8, 4) is 0 Å². The molecule has 0 atom stereocenters. The van der Waals surface area contributed by atoms with Gasteiger partial charge in [-0.15, -0.1) is 0 Å². The van der Waals surface area contributed by atoms with Crippen LogP contribution in [-0.2, 0) is 4.79 Å². The summed E-state index contributed by atoms with van der Waals surface area (Å²) < 4.78 is 5.92. The molecule has 1 aromatic heterocycles. The normalized spacial score (nSPS) is 23.4. The summed E-state index contributed by atoms with van der Waals surface area (Å²) >= 11 is 1.59. The van der Waals surface area contributed by atoms with Crippen molar-refractivity contribution in [1.29, 1.82) is 0 Å². The van der Waals surface area contributed by atoms with Crippen LogP contribution in [0.1, 0.15) is 37.3 Å². The van der Waals surface area contributed by atoms with Gasteiger partial charge in [0.2, 0.25) is 5.91 Å². The molecule has 1 aromatic carbocycles. The number of hydrogen-bond acceptors (Lipinski definition) is 3. The van der Waals surface area contributed by atoms with Crippen molar-refractivity contribution in [2.75, 3.05) is 7.05 Å². The van der Waals surface area contributed by atoms with Gasteiger partial charge in [-0.3, -0.25) is 4.79 Å². The second-order valence-corrected chi connectivity index (χ2v) is 6.03. The lowest BCUT2D eigenvalue weighted by molar-refractivity contribution is -0.125. The van der Waals surface area contributed by atoms with Gasteiger partial charge in [0.25, 0.3) is 0 Å². The highest BCUT2D eigenvalue weighted by atomic mass is 32.1. The number of amides is 1. The lowest BCUT2D eigenvalue weighted by atomic mass is 9.79. The third-order valence-electron chi connectivity index (χ3n) is 4.14. The predicted molar refractivity (Wildman–Crippen MR) is 78.4 cm³/mol. The van der Waals surface area contributed by atoms with Crippen molar-refractivity contribution < 1.29 is 4.79 Å². The minimum atomic E-state index is 0.196. The van der Waals surface area contributed by atoms with E-state index < -0.39 is 0 Å². The van der Waals surface area contributed by atoms with E-state index in [0.29, 0.717) is 5.92 Å². The number of aromatic nitrogens is 1. The SMILES string of the molecule is CNC(=O)C1CCC(c2nsc3ccccc23)CC1. The van der Waals surface area contributed by atoms with Crippen molar-refractivity contribution >= 4 is 27.5 Å². The third kappa shape index (κ3) is 2.37. The molecule has 1 heterocycles. The number of rotatable bonds is 2. The summed E-state index contributed by atoms with van der Waals surface area (Å²) in [5, 5.41) is 4.06. The zero-order chi connectivity index (χ0) is 13.2. The first kappa shape index (κ1) is 12.6. The topological polar surface area (TPSA) is 42.0 Å². The van der Waals surface area contributed by atoms with E-state index in [1.165, 1.54) is 15.8 Å². The number of fused-ring (bicyclic) bond motifs is 1. The Labute approximate surface area is 117 Å². The molecule has 1 aliphatic carbocycles. The highest BCUT2D eigenvalue weighted by Crippen LogP contribution is 2.39. The maximum Gasteiger partial charge on any atom is 0.222 e. The maximum atomic E-state index is 11.6. The van der Waals surface area contributed by atoms with E-state index >= 15 is 0 Å². The Morgan fingerprint density at radius 3 is 2.74 bits per heavy atom. The van der Waals surface area contributed by atoms with Crippen molar-refractivity contribution in [1.82, 2.24) is 9.69 Å². The zero-order valence-electron chi connectivity index (χ0n) is 11.1. The maximum absolute atomic E-state index is 11.6. The zero-order valence-corrected chi connectivity index (χ0v) is 11.9. The Morgan fingerprint density at radius 2 is 2.00 bits per heavy atom. The van der Waals surface area contributed by atoms with E-state index in [0.717, 1.165) is 25.7 Å². The van der Waals surface area contributed by atoms with Gasteiger partial charge in [0.05, 0.1) is 10.4 Å². The van der Waals surface area contributed by atoms with Gasteiger partial charge in [-0.25, -0.2) is 0 Å². The first-order chi connectivity index (χ1) is 9.29. The van der Waals surface area contributed by atoms with Gasteiger partial charge in [-0.2, -0.15) is 4.37 Å². The van der Waals surface area contributed by atoms with Gasteiger partial charge in [0.15, 0.2) is 0 Å². The van der Waals surface area contributed by atoms with E-state index in [4.69, 9.17) is 0 Å². The van der Waals surface area contributed by atoms with Crippen LogP contribution in [0.3, 0.4) is 0 Å². The molecular formula is C15H18N2OS. The predicted octanol–water partition coefficient (Wildman–Crippen LogP) is 3.32. The van der Waals surface area contributed by atoms with Crippen LogP contribution >= 0.6 is 11.5 Å². The lowest BCUT2D eigenvalue weighted by Crippen LogP contribution is -2.30. The number of benzene rings is 1. The highest BCUT2D eigenvalue weighted by Gasteiger charge is 2.28. The largest absolute Gasteiger partial charge is 0.359 e. The quantitative estimate of drug-likeness (QED) is 0.913. The van der Waals surface area contributed by atoms with E-state index in [9.17, 15) is 4.79 Å². The fourth-order valence-corrected chi connectivity index (χ4v) is 3.89. The molecule has 0 spiro atoms. The van der Waals surface area contributed by atoms with E-state index in [1.807, 2.05) is 0 Å². The first-order valence-electron chi connectivity index (χ1n) is 6.85. The van der Waals surface area contributed by atoms with Crippen LogP contribution in [0.5, 0.6) is 0 Å². The number of nitrogens with one attached hydrogen (secondary N) is 1. The van der Waals surface area contributed by atoms with Gasteiger partial charge >= 0.3 is 0 Å². The van der Waals surface area contributed by atoms with Crippen molar-refractivity contribution in [3.05, 3.63) is 30.0 Å². The fraction of sp³-hybridized carbons (Fsp3) is 0.467. The molecule has 1 amide bonds. The molecule has 1 fully saturated rings. The summed E-state index contributed by atoms with van der Waals surface area (Å²) in [7, 11) is 1.72. The number of nitrogens with zero attached hydrogens (tertiary/aromatic N) is 1. The van der Waals surface area contributed by atoms with Crippen molar-refractivity contribution in [2.45, 2.75) is 31.6 Å². The Balaban J connectivity index is 1.77. The first-order valence-corrected chi connectivity index (χ1v) is 7.63. The van der Waals surface area contributed by atoms with Crippen molar-refractivity contribution in [3.63, 3.8) is 0 Å². The van der Waals surface area contributed by atoms with Crippen LogP contribution in [0.25, 0.3) is 10.1 Å². The smallest absolute Gasteiger partial charge is 0.222 e. The van der Waals surface area contributed by atoms with Crippen LogP contribution in [0, 0.1) is 5.92 Å². The summed E-state index contributed by atoms with van der Waals surface area (Å²) in [5.41, 5.74) is 1.25. The van der Waals surface area contributed by atoms with Crippen molar-refractivity contribution in [2.24, 2.45) is 5.92 Å². The molecule has 0 aliphatic heterocycles. The summed E-state index contributed by atoms with van der Waals surface area (Å²) in [6, 6.07) is 8.44. The fourth-order valence-electron chi connectivity index (χ4n) is 3.03. The minimum absolute atomic E-state index is 0.196. The van der Waals surface area contributed by atoms with Crippen LogP contribution < -0.4 is 5.32 Å². The molecule has 19 heavy (non-hydrogen) atoms. The standard InChI is InChI=1S/C15H18N2OS/c1-16-15(18)11-8-6-10(7-9-11)14-12-4-2-3-5-13(12)19-17-14/h2-5,10-11H,6-9H2,1H3,(H,16,18). The molecule has 100 valence electrons. The lowest BCUT2D eigenvalue weighted by Gasteiger charge is -2.26. The summed E-state index contributed by atoms with van der Waals surface area (Å²) in [6.07, 6.45) is 4.12. The molecule has 2 aromatic rings. The van der Waals surface area contributed by atoms with Crippen LogP contribution in [-0.4, -0.2) is 17.3 Å². The Morgan fingerprint density at radius 1 is 1.26 bits per heavy atom. The molecule has 4 heteroatoms. The molecule has 0 unspecified atom stereocenters. The number of hydrogen-bond donors (Lipinski definition) is 1. The average Bonchev–Trinajstić information content (AvgIpc) is 2.90. The molecule has 0 saturated heterocycles.